The van der Waals surface area contributed by atoms with Gasteiger partial charge in [0.05, 0.1) is 13.1 Å². The first kappa shape index (κ1) is 32.8. The fourth-order valence-electron chi connectivity index (χ4n) is 5.11. The molecule has 0 N–H and O–H groups in total. The molecule has 36 heavy (non-hydrogen) atoms. The van der Waals surface area contributed by atoms with Crippen LogP contribution < -0.4 is 0 Å². The molecule has 1 saturated heterocycles. The number of likely N-dealkylation sites (N-methyl/N-ethyl adjacent to an activating group) is 1. The Morgan fingerprint density at radius 2 is 1.44 bits per heavy atom. The van der Waals surface area contributed by atoms with Crippen LogP contribution in [0.15, 0.2) is 0 Å². The zero-order valence-corrected chi connectivity index (χ0v) is 25.6. The summed E-state index contributed by atoms with van der Waals surface area (Å²) in [4.78, 5) is 32.4. The molecule has 1 fully saturated rings. The second-order valence-corrected chi connectivity index (χ2v) is 14.1. The Balaban J connectivity index is 3.22. The molecule has 1 aliphatic rings. The van der Waals surface area contributed by atoms with Gasteiger partial charge < -0.3 is 9.47 Å². The Hall–Kier alpha value is -1.18. The molecule has 0 saturated carbocycles. The summed E-state index contributed by atoms with van der Waals surface area (Å²) in [6, 6.07) is 0.416. The van der Waals surface area contributed by atoms with Gasteiger partial charge in [0.1, 0.15) is 11.2 Å². The van der Waals surface area contributed by atoms with E-state index in [1.165, 1.54) is 19.3 Å². The number of unbranched alkanes of at least 4 members (excludes halogenated alkanes) is 2. The molecule has 0 amide bonds. The Morgan fingerprint density at radius 1 is 0.889 bits per heavy atom. The number of ether oxygens (including phenoxy) is 2. The smallest absolute Gasteiger partial charge is 0.320 e. The van der Waals surface area contributed by atoms with Gasteiger partial charge in [0.15, 0.2) is 0 Å². The number of carbonyl (C=O) groups excluding carboxylic acids is 2. The highest BCUT2D eigenvalue weighted by Gasteiger charge is 2.42. The van der Waals surface area contributed by atoms with Gasteiger partial charge in [-0.3, -0.25) is 24.3 Å². The summed E-state index contributed by atoms with van der Waals surface area (Å²) in [5.74, 6) is -0.431. The van der Waals surface area contributed by atoms with E-state index in [0.29, 0.717) is 12.6 Å². The highest BCUT2D eigenvalue weighted by molar-refractivity contribution is 5.72. The van der Waals surface area contributed by atoms with Crippen molar-refractivity contribution in [1.82, 2.24) is 14.7 Å². The lowest BCUT2D eigenvalue weighted by molar-refractivity contribution is -0.159. The van der Waals surface area contributed by atoms with E-state index in [-0.39, 0.29) is 36.0 Å². The summed E-state index contributed by atoms with van der Waals surface area (Å²) < 4.78 is 11.3. The molecular weight excluding hydrogens is 454 g/mol. The number of hydrogen-bond acceptors (Lipinski definition) is 7. The number of carbonyl (C=O) groups is 2. The predicted octanol–water partition coefficient (Wildman–Crippen LogP) is 4.97. The summed E-state index contributed by atoms with van der Waals surface area (Å²) >= 11 is 0. The second-order valence-electron chi connectivity index (χ2n) is 14.1. The first-order valence-electron chi connectivity index (χ1n) is 13.9. The third kappa shape index (κ3) is 11.9. The average Bonchev–Trinajstić information content (AvgIpc) is 2.80. The fourth-order valence-corrected chi connectivity index (χ4v) is 5.11. The van der Waals surface area contributed by atoms with E-state index < -0.39 is 11.2 Å². The summed E-state index contributed by atoms with van der Waals surface area (Å²) in [7, 11) is 2.00. The van der Waals surface area contributed by atoms with E-state index in [4.69, 9.17) is 9.47 Å². The lowest BCUT2D eigenvalue weighted by Crippen LogP contribution is -2.59. The van der Waals surface area contributed by atoms with Crippen LogP contribution in [0.2, 0.25) is 0 Å². The van der Waals surface area contributed by atoms with Crippen LogP contribution in [0.4, 0.5) is 0 Å². The van der Waals surface area contributed by atoms with E-state index in [1.807, 2.05) is 48.6 Å². The standard InChI is InChI=1S/C29H57N3O4/c1-13-14-15-16-23(26(2,3)4)32-18-17-31(20-25(34)36-28(8,9)10)21-29(11,22-32)30(12)19-24(33)35-27(5,6)7/h23H,13-22H2,1-12H3. The molecule has 0 bridgehead atoms. The minimum Gasteiger partial charge on any atom is -0.459 e. The molecule has 0 aromatic carbocycles. The molecular formula is C29H57N3O4. The maximum Gasteiger partial charge on any atom is 0.320 e. The van der Waals surface area contributed by atoms with Gasteiger partial charge in [0.2, 0.25) is 0 Å². The minimum absolute atomic E-state index is 0.124. The number of nitrogens with zero attached hydrogens (tertiary/aromatic N) is 3. The molecule has 2 unspecified atom stereocenters. The summed E-state index contributed by atoms with van der Waals surface area (Å²) in [6.45, 7) is 26.5. The number of rotatable bonds is 10. The first-order valence-corrected chi connectivity index (χ1v) is 13.9. The van der Waals surface area contributed by atoms with Gasteiger partial charge >= 0.3 is 11.9 Å². The number of hydrogen-bond donors (Lipinski definition) is 0. The van der Waals surface area contributed by atoms with Gasteiger partial charge in [0, 0.05) is 37.8 Å². The molecule has 0 spiro atoms. The topological polar surface area (TPSA) is 62.3 Å². The van der Waals surface area contributed by atoms with Crippen molar-refractivity contribution in [3.63, 3.8) is 0 Å². The van der Waals surface area contributed by atoms with Crippen molar-refractivity contribution in [2.24, 2.45) is 5.41 Å². The van der Waals surface area contributed by atoms with E-state index in [2.05, 4.69) is 49.3 Å². The van der Waals surface area contributed by atoms with Gasteiger partial charge in [-0.05, 0) is 67.3 Å². The van der Waals surface area contributed by atoms with Gasteiger partial charge in [-0.15, -0.1) is 0 Å². The molecule has 0 radical (unpaired) electrons. The second kappa shape index (κ2) is 13.1. The van der Waals surface area contributed by atoms with Gasteiger partial charge in [-0.2, -0.15) is 0 Å². The Labute approximate surface area is 222 Å². The van der Waals surface area contributed by atoms with E-state index in [1.54, 1.807) is 0 Å². The summed E-state index contributed by atoms with van der Waals surface area (Å²) in [5.41, 5.74) is -1.25. The van der Waals surface area contributed by atoms with E-state index in [0.717, 1.165) is 26.1 Å². The monoisotopic (exact) mass is 511 g/mol. The van der Waals surface area contributed by atoms with Gasteiger partial charge in [-0.1, -0.05) is 47.0 Å². The van der Waals surface area contributed by atoms with Gasteiger partial charge in [0.25, 0.3) is 0 Å². The zero-order valence-electron chi connectivity index (χ0n) is 25.6. The molecule has 0 aliphatic carbocycles. The van der Waals surface area contributed by atoms with Crippen LogP contribution in [0.5, 0.6) is 0 Å². The van der Waals surface area contributed by atoms with Crippen molar-refractivity contribution < 1.29 is 19.1 Å². The van der Waals surface area contributed by atoms with Crippen molar-refractivity contribution in [3.8, 4) is 0 Å². The maximum absolute atomic E-state index is 12.7. The van der Waals surface area contributed by atoms with Crippen LogP contribution in [0.25, 0.3) is 0 Å². The zero-order chi connectivity index (χ0) is 27.9. The van der Waals surface area contributed by atoms with Crippen molar-refractivity contribution in [2.45, 2.75) is 125 Å². The SMILES string of the molecule is CCCCCC(N1CCN(CC(=O)OC(C)(C)C)CC(C)(N(C)CC(=O)OC(C)(C)C)C1)C(C)(C)C. The Bertz CT molecular complexity index is 705. The van der Waals surface area contributed by atoms with E-state index >= 15 is 0 Å². The maximum atomic E-state index is 12.7. The highest BCUT2D eigenvalue weighted by atomic mass is 16.6. The lowest BCUT2D eigenvalue weighted by atomic mass is 9.81. The van der Waals surface area contributed by atoms with Crippen LogP contribution in [0, 0.1) is 5.41 Å². The summed E-state index contributed by atoms with van der Waals surface area (Å²) in [6.07, 6.45) is 4.80. The van der Waals surface area contributed by atoms with Crippen LogP contribution in [-0.2, 0) is 19.1 Å². The Kier molecular flexibility index (Phi) is 11.9. The molecule has 0 aromatic heterocycles. The third-order valence-electron chi connectivity index (χ3n) is 6.81. The normalized spacial score (nSPS) is 21.8. The largest absolute Gasteiger partial charge is 0.459 e. The highest BCUT2D eigenvalue weighted by Crippen LogP contribution is 2.32. The molecule has 7 heteroatoms. The first-order chi connectivity index (χ1) is 16.3. The summed E-state index contributed by atoms with van der Waals surface area (Å²) in [5, 5.41) is 0. The predicted molar refractivity (Wildman–Crippen MR) is 148 cm³/mol. The van der Waals surface area contributed by atoms with Crippen molar-refractivity contribution in [1.29, 1.82) is 0 Å². The molecule has 7 nitrogen and oxygen atoms in total. The molecule has 2 atom stereocenters. The van der Waals surface area contributed by atoms with Crippen LogP contribution >= 0.6 is 0 Å². The number of esters is 2. The van der Waals surface area contributed by atoms with Crippen molar-refractivity contribution in [3.05, 3.63) is 0 Å². The van der Waals surface area contributed by atoms with Gasteiger partial charge in [-0.25, -0.2) is 0 Å². The fraction of sp³-hybridized carbons (Fsp3) is 0.931. The quantitative estimate of drug-likeness (QED) is 0.303. The third-order valence-corrected chi connectivity index (χ3v) is 6.81. The Morgan fingerprint density at radius 3 is 1.94 bits per heavy atom. The molecule has 1 rings (SSSR count). The van der Waals surface area contributed by atoms with Crippen molar-refractivity contribution >= 4 is 11.9 Å². The lowest BCUT2D eigenvalue weighted by Gasteiger charge is -2.46. The molecule has 1 aliphatic heterocycles. The van der Waals surface area contributed by atoms with E-state index in [9.17, 15) is 9.59 Å². The molecule has 0 aromatic rings. The molecule has 1 heterocycles. The minimum atomic E-state index is -0.520. The van der Waals surface area contributed by atoms with Crippen LogP contribution in [-0.4, -0.2) is 95.7 Å². The van der Waals surface area contributed by atoms with Crippen LogP contribution in [0.3, 0.4) is 0 Å². The average molecular weight is 512 g/mol. The molecule has 212 valence electrons. The van der Waals surface area contributed by atoms with Crippen molar-refractivity contribution in [2.75, 3.05) is 46.3 Å². The van der Waals surface area contributed by atoms with Crippen LogP contribution in [0.1, 0.15) is 102 Å².